The van der Waals surface area contributed by atoms with Crippen LogP contribution in [-0.4, -0.2) is 99.7 Å². The molecule has 0 aromatic heterocycles. The van der Waals surface area contributed by atoms with E-state index in [1.54, 1.807) is 0 Å². The Kier molecular flexibility index (Phi) is 12.1. The van der Waals surface area contributed by atoms with E-state index in [0.717, 1.165) is 0 Å². The lowest BCUT2D eigenvalue weighted by atomic mass is 10.3. The Hall–Kier alpha value is -1.42. The third kappa shape index (κ3) is 8.80. The molecule has 0 amide bonds. The van der Waals surface area contributed by atoms with Crippen molar-refractivity contribution >= 4 is 0 Å². The van der Waals surface area contributed by atoms with Gasteiger partial charge in [-0.15, -0.1) is 0 Å². The summed E-state index contributed by atoms with van der Waals surface area (Å²) in [6.45, 7) is -9.38. The van der Waals surface area contributed by atoms with Gasteiger partial charge in [-0.2, -0.15) is 52.7 Å². The van der Waals surface area contributed by atoms with Crippen molar-refractivity contribution < 1.29 is 93.2 Å². The van der Waals surface area contributed by atoms with E-state index in [1.165, 1.54) is 0 Å². The van der Waals surface area contributed by atoms with Crippen LogP contribution in [0.3, 0.4) is 0 Å². The second-order valence-corrected chi connectivity index (χ2v) is 6.71. The number of nitrogens with zero attached hydrogens (tertiary/aromatic N) is 1. The number of ether oxygens (including phenoxy) is 3. The standard InChI is InChI=1S/C15H15F18NO3/c16-7(17)10(22,23)13(28,29)35-4-1-34(2-5-36-14(30,31)11(24,25)8(18)19)3-6-37-15(32,33)12(26,27)9(20)21/h7-9H,1-6H2. The van der Waals surface area contributed by atoms with E-state index in [-0.39, 0.29) is 4.90 Å². The Morgan fingerprint density at radius 1 is 0.405 bits per heavy atom. The van der Waals surface area contributed by atoms with Crippen LogP contribution in [0, 0.1) is 0 Å². The molecule has 0 fully saturated rings. The summed E-state index contributed by atoms with van der Waals surface area (Å²) in [5.74, 6) is -18.3. The number of hydrogen-bond acceptors (Lipinski definition) is 4. The van der Waals surface area contributed by atoms with E-state index in [0.29, 0.717) is 0 Å². The summed E-state index contributed by atoms with van der Waals surface area (Å²) in [7, 11) is 0. The molecule has 0 aromatic rings. The molecular formula is C15H15F18NO3. The first-order valence-corrected chi connectivity index (χ1v) is 9.12. The molecule has 0 rings (SSSR count). The average Bonchev–Trinajstić information content (AvgIpc) is 2.72. The molecule has 0 heterocycles. The van der Waals surface area contributed by atoms with Crippen LogP contribution < -0.4 is 0 Å². The van der Waals surface area contributed by atoms with Crippen LogP contribution in [0.1, 0.15) is 0 Å². The van der Waals surface area contributed by atoms with E-state index in [2.05, 4.69) is 14.2 Å². The molecule has 224 valence electrons. The van der Waals surface area contributed by atoms with Crippen LogP contribution in [-0.2, 0) is 14.2 Å². The van der Waals surface area contributed by atoms with Crippen molar-refractivity contribution in [2.45, 2.75) is 55.4 Å². The molecular weight excluding hydrogens is 584 g/mol. The van der Waals surface area contributed by atoms with Crippen molar-refractivity contribution in [3.8, 4) is 0 Å². The van der Waals surface area contributed by atoms with E-state index in [9.17, 15) is 79.0 Å². The van der Waals surface area contributed by atoms with E-state index in [1.807, 2.05) is 0 Å². The normalized spacial score (nSPS) is 15.1. The predicted octanol–water partition coefficient (Wildman–Crippen LogP) is 5.82. The largest absolute Gasteiger partial charge is 0.425 e. The molecule has 37 heavy (non-hydrogen) atoms. The monoisotopic (exact) mass is 599 g/mol. The molecule has 0 aliphatic carbocycles. The van der Waals surface area contributed by atoms with Gasteiger partial charge in [-0.1, -0.05) is 0 Å². The third-order valence-electron chi connectivity index (χ3n) is 4.06. The Bertz CT molecular complexity index is 599. The number of hydrogen-bond donors (Lipinski definition) is 0. The minimum atomic E-state index is -6.09. The van der Waals surface area contributed by atoms with Crippen LogP contribution in [0.5, 0.6) is 0 Å². The van der Waals surface area contributed by atoms with Crippen LogP contribution in [0.2, 0.25) is 0 Å². The Balaban J connectivity index is 5.34. The first-order valence-electron chi connectivity index (χ1n) is 9.12. The average molecular weight is 599 g/mol. The molecule has 0 saturated carbocycles. The highest BCUT2D eigenvalue weighted by Crippen LogP contribution is 2.42. The van der Waals surface area contributed by atoms with Crippen LogP contribution >= 0.6 is 0 Å². The first kappa shape index (κ1) is 35.6. The minimum absolute atomic E-state index is 0.157. The van der Waals surface area contributed by atoms with Gasteiger partial charge in [-0.25, -0.2) is 26.3 Å². The zero-order valence-electron chi connectivity index (χ0n) is 17.5. The highest BCUT2D eigenvalue weighted by atomic mass is 19.4. The van der Waals surface area contributed by atoms with Crippen molar-refractivity contribution in [2.75, 3.05) is 39.5 Å². The summed E-state index contributed by atoms with van der Waals surface area (Å²) >= 11 is 0. The molecule has 4 nitrogen and oxygen atoms in total. The lowest BCUT2D eigenvalue weighted by Gasteiger charge is -2.30. The number of alkyl halides is 18. The molecule has 0 saturated heterocycles. The summed E-state index contributed by atoms with van der Waals surface area (Å²) in [6, 6.07) is 0. The van der Waals surface area contributed by atoms with Gasteiger partial charge >= 0.3 is 55.4 Å². The second kappa shape index (κ2) is 12.6. The van der Waals surface area contributed by atoms with Gasteiger partial charge in [0.2, 0.25) is 0 Å². The molecule has 0 aliphatic heterocycles. The second-order valence-electron chi connectivity index (χ2n) is 6.71. The van der Waals surface area contributed by atoms with Crippen molar-refractivity contribution in [1.29, 1.82) is 0 Å². The maximum absolute atomic E-state index is 13.1. The van der Waals surface area contributed by atoms with Gasteiger partial charge in [-0.3, -0.25) is 4.90 Å². The van der Waals surface area contributed by atoms with Crippen LogP contribution in [0.15, 0.2) is 0 Å². The van der Waals surface area contributed by atoms with Gasteiger partial charge in [0.1, 0.15) is 0 Å². The van der Waals surface area contributed by atoms with Gasteiger partial charge in [0.25, 0.3) is 0 Å². The summed E-state index contributed by atoms with van der Waals surface area (Å²) in [6.07, 6.45) is -32.6. The molecule has 0 unspecified atom stereocenters. The van der Waals surface area contributed by atoms with Crippen LogP contribution in [0.25, 0.3) is 0 Å². The zero-order valence-corrected chi connectivity index (χ0v) is 17.5. The molecule has 0 spiro atoms. The van der Waals surface area contributed by atoms with Crippen molar-refractivity contribution in [2.24, 2.45) is 0 Å². The van der Waals surface area contributed by atoms with Gasteiger partial charge in [0.05, 0.1) is 19.8 Å². The summed E-state index contributed by atoms with van der Waals surface area (Å²) < 4.78 is 237. The molecule has 0 bridgehead atoms. The van der Waals surface area contributed by atoms with Gasteiger partial charge in [0.15, 0.2) is 0 Å². The number of halogens is 18. The summed E-state index contributed by atoms with van der Waals surface area (Å²) in [4.78, 5) is 0.157. The Labute approximate surface area is 194 Å². The fourth-order valence-electron chi connectivity index (χ4n) is 1.91. The molecule has 0 radical (unpaired) electrons. The smallest absolute Gasteiger partial charge is 0.314 e. The van der Waals surface area contributed by atoms with Crippen molar-refractivity contribution in [3.63, 3.8) is 0 Å². The summed E-state index contributed by atoms with van der Waals surface area (Å²) in [5.41, 5.74) is 0. The van der Waals surface area contributed by atoms with Gasteiger partial charge < -0.3 is 14.2 Å². The van der Waals surface area contributed by atoms with Crippen molar-refractivity contribution in [1.82, 2.24) is 4.90 Å². The highest BCUT2D eigenvalue weighted by Gasteiger charge is 2.66. The lowest BCUT2D eigenvalue weighted by molar-refractivity contribution is -0.377. The molecule has 0 N–H and O–H groups in total. The van der Waals surface area contributed by atoms with E-state index < -0.39 is 94.8 Å². The number of rotatable bonds is 18. The summed E-state index contributed by atoms with van der Waals surface area (Å²) in [5, 5.41) is 0. The highest BCUT2D eigenvalue weighted by molar-refractivity contribution is 4.82. The lowest BCUT2D eigenvalue weighted by Crippen LogP contribution is -2.50. The minimum Gasteiger partial charge on any atom is -0.314 e. The Morgan fingerprint density at radius 2 is 0.595 bits per heavy atom. The SMILES string of the molecule is FC(F)C(F)(F)C(F)(F)OCCN(CCOC(F)(F)C(F)(F)C(F)F)CCOC(F)(F)C(F)(F)C(F)F. The van der Waals surface area contributed by atoms with E-state index in [4.69, 9.17) is 0 Å². The zero-order chi connectivity index (χ0) is 29.7. The third-order valence-corrected chi connectivity index (χ3v) is 4.06. The van der Waals surface area contributed by atoms with Gasteiger partial charge in [0, 0.05) is 19.6 Å². The van der Waals surface area contributed by atoms with Gasteiger partial charge in [-0.05, 0) is 0 Å². The maximum atomic E-state index is 13.1. The molecule has 0 atom stereocenters. The van der Waals surface area contributed by atoms with Crippen molar-refractivity contribution in [3.05, 3.63) is 0 Å². The molecule has 0 aliphatic rings. The fourth-order valence-corrected chi connectivity index (χ4v) is 1.91. The first-order chi connectivity index (χ1) is 16.4. The fraction of sp³-hybridized carbons (Fsp3) is 1.00. The topological polar surface area (TPSA) is 30.9 Å². The maximum Gasteiger partial charge on any atom is 0.425 e. The molecule has 0 aromatic carbocycles. The Morgan fingerprint density at radius 3 is 0.757 bits per heavy atom. The molecule has 22 heteroatoms. The van der Waals surface area contributed by atoms with Crippen LogP contribution in [0.4, 0.5) is 79.0 Å². The van der Waals surface area contributed by atoms with E-state index >= 15 is 0 Å². The quantitative estimate of drug-likeness (QED) is 0.186. The predicted molar refractivity (Wildman–Crippen MR) is 82.0 cm³/mol.